The van der Waals surface area contributed by atoms with E-state index in [1.54, 1.807) is 0 Å². The van der Waals surface area contributed by atoms with E-state index < -0.39 is 0 Å². The van der Waals surface area contributed by atoms with Gasteiger partial charge in [0.05, 0.1) is 0 Å². The smallest absolute Gasteiger partial charge is 0.288 e. The Morgan fingerprint density at radius 2 is 2.43 bits per heavy atom. The monoisotopic (exact) mass is 165 g/mol. The zero-order valence-corrected chi connectivity index (χ0v) is 7.42. The quantitative estimate of drug-likeness (QED) is 0.435. The Morgan fingerprint density at radius 3 is 2.57 bits per heavy atom. The van der Waals surface area contributed by atoms with Crippen LogP contribution in [0.2, 0.25) is 0 Å². The van der Waals surface area contributed by atoms with E-state index in [0.29, 0.717) is 4.77 Å². The van der Waals surface area contributed by atoms with E-state index in [1.807, 2.05) is 0 Å². The molecule has 0 fully saturated rings. The molecule has 0 aliphatic heterocycles. The van der Waals surface area contributed by atoms with Crippen molar-refractivity contribution in [2.45, 2.75) is 0 Å². The summed E-state index contributed by atoms with van der Waals surface area (Å²) in [5.41, 5.74) is 0. The third kappa shape index (κ3) is 1.95. The summed E-state index contributed by atoms with van der Waals surface area (Å²) in [6, 6.07) is 0. The van der Waals surface area contributed by atoms with Crippen molar-refractivity contribution in [2.75, 3.05) is 0 Å². The number of nitrogens with one attached hydrogen (secondary N) is 2. The molecule has 0 spiro atoms. The van der Waals surface area contributed by atoms with E-state index in [2.05, 4.69) is 27.4 Å². The topological polar surface area (TPSA) is 44.5 Å². The zero-order chi connectivity index (χ0) is 4.41. The fourth-order valence-electron chi connectivity index (χ4n) is 0.217. The first-order chi connectivity index (χ1) is 2.89. The number of H-pyrrole nitrogens is 2. The van der Waals surface area contributed by atoms with Crippen LogP contribution in [0, 0.1) is 4.77 Å². The van der Waals surface area contributed by atoms with Gasteiger partial charge in [-0.2, -0.15) is 0 Å². The minimum absolute atomic E-state index is 0. The van der Waals surface area contributed by atoms with Crippen LogP contribution in [-0.4, -0.2) is 15.2 Å². The summed E-state index contributed by atoms with van der Waals surface area (Å²) in [6.07, 6.45) is 1.50. The van der Waals surface area contributed by atoms with E-state index in [0.717, 1.165) is 0 Å². The van der Waals surface area contributed by atoms with Crippen LogP contribution in [0.5, 0.6) is 0 Å². The summed E-state index contributed by atoms with van der Waals surface area (Å²) in [4.78, 5) is 3.62. The normalized spacial score (nSPS) is 7.43. The molecule has 0 unspecified atom stereocenters. The van der Waals surface area contributed by atoms with Gasteiger partial charge in [0.1, 0.15) is 6.33 Å². The molecule has 0 bridgehead atoms. The van der Waals surface area contributed by atoms with Gasteiger partial charge in [0.2, 0.25) is 4.77 Å². The second-order valence-corrected chi connectivity index (χ2v) is 1.22. The van der Waals surface area contributed by atoms with Gasteiger partial charge in [0.15, 0.2) is 0 Å². The van der Waals surface area contributed by atoms with Crippen molar-refractivity contribution in [3.05, 3.63) is 11.1 Å². The maximum atomic E-state index is 4.55. The fourth-order valence-corrected chi connectivity index (χ4v) is 0.329. The molecule has 1 aromatic rings. The number of rotatable bonds is 0. The Balaban J connectivity index is 0.000000360. The predicted molar refractivity (Wildman–Crippen MR) is 23.8 cm³/mol. The number of hydrogen-bond donors (Lipinski definition) is 2. The maximum absolute atomic E-state index is 4.55. The summed E-state index contributed by atoms with van der Waals surface area (Å²) in [6.45, 7) is 0. The van der Waals surface area contributed by atoms with Crippen molar-refractivity contribution in [3.8, 4) is 0 Å². The van der Waals surface area contributed by atoms with E-state index in [4.69, 9.17) is 0 Å². The Kier molecular flexibility index (Phi) is 3.04. The van der Waals surface area contributed by atoms with Crippen molar-refractivity contribution in [1.82, 2.24) is 15.2 Å². The molecular weight excluding hydrogens is 164 g/mol. The van der Waals surface area contributed by atoms with Crippen LogP contribution in [0.4, 0.5) is 0 Å². The van der Waals surface area contributed by atoms with E-state index in [-0.39, 0.29) is 19.5 Å². The fraction of sp³-hybridized carbons (Fsp3) is 0. The molecule has 3 nitrogen and oxygen atoms in total. The molecule has 0 amide bonds. The molecule has 0 aromatic carbocycles. The number of nitrogens with zero attached hydrogens (tertiary/aromatic N) is 1. The maximum Gasteiger partial charge on any atom is 2.00 e. The Labute approximate surface area is 58.3 Å². The molecule has 32 valence electrons. The van der Waals surface area contributed by atoms with E-state index in [9.17, 15) is 0 Å². The first kappa shape index (κ1) is 6.98. The van der Waals surface area contributed by atoms with Crippen molar-refractivity contribution in [1.29, 1.82) is 0 Å². The van der Waals surface area contributed by atoms with Crippen LogP contribution in [0.25, 0.3) is 0 Å². The van der Waals surface area contributed by atoms with Crippen molar-refractivity contribution >= 4 is 12.2 Å². The molecule has 0 saturated heterocycles. The van der Waals surface area contributed by atoms with Crippen LogP contribution in [0.15, 0.2) is 6.33 Å². The van der Waals surface area contributed by atoms with Gasteiger partial charge < -0.3 is 0 Å². The molecule has 1 heterocycles. The molecule has 0 radical (unpaired) electrons. The second kappa shape index (κ2) is 3.05. The first-order valence-corrected chi connectivity index (χ1v) is 1.88. The zero-order valence-electron chi connectivity index (χ0n) is 3.64. The number of aromatic nitrogens is 3. The van der Waals surface area contributed by atoms with Crippen molar-refractivity contribution in [3.63, 3.8) is 0 Å². The molecular formula is C2H3N3SZn+2. The molecule has 5 heteroatoms. The molecule has 0 aliphatic carbocycles. The van der Waals surface area contributed by atoms with Crippen LogP contribution < -0.4 is 0 Å². The molecule has 1 aromatic heterocycles. The van der Waals surface area contributed by atoms with Gasteiger partial charge in [0, 0.05) is 0 Å². The van der Waals surface area contributed by atoms with Gasteiger partial charge in [-0.1, -0.05) is 0 Å². The van der Waals surface area contributed by atoms with Gasteiger partial charge >= 0.3 is 19.5 Å². The summed E-state index contributed by atoms with van der Waals surface area (Å²) in [5, 5.41) is 5.17. The Hall–Kier alpha value is -0.0166. The second-order valence-electron chi connectivity index (χ2n) is 0.833. The summed E-state index contributed by atoms with van der Waals surface area (Å²) < 4.78 is 0.495. The van der Waals surface area contributed by atoms with Crippen molar-refractivity contribution < 1.29 is 19.5 Å². The van der Waals surface area contributed by atoms with Gasteiger partial charge in [-0.15, -0.1) is 0 Å². The molecule has 1 rings (SSSR count). The SMILES string of the molecule is S=c1nc[nH][nH]1.[Zn+2]. The van der Waals surface area contributed by atoms with Crippen LogP contribution in [0.1, 0.15) is 0 Å². The van der Waals surface area contributed by atoms with E-state index >= 15 is 0 Å². The number of aromatic amines is 2. The van der Waals surface area contributed by atoms with Crippen LogP contribution in [0.3, 0.4) is 0 Å². The van der Waals surface area contributed by atoms with Gasteiger partial charge in [-0.3, -0.25) is 10.2 Å². The van der Waals surface area contributed by atoms with Gasteiger partial charge in [-0.25, -0.2) is 4.98 Å². The van der Waals surface area contributed by atoms with Gasteiger partial charge in [0.25, 0.3) is 0 Å². The van der Waals surface area contributed by atoms with Crippen LogP contribution >= 0.6 is 12.2 Å². The number of hydrogen-bond acceptors (Lipinski definition) is 2. The largest absolute Gasteiger partial charge is 2.00 e. The van der Waals surface area contributed by atoms with Crippen LogP contribution in [-0.2, 0) is 19.5 Å². The van der Waals surface area contributed by atoms with Gasteiger partial charge in [-0.05, 0) is 12.2 Å². The third-order valence-electron chi connectivity index (χ3n) is 0.425. The van der Waals surface area contributed by atoms with E-state index in [1.165, 1.54) is 6.33 Å². The minimum Gasteiger partial charge on any atom is -0.288 e. The average Bonchev–Trinajstić information content (AvgIpc) is 1.86. The Bertz CT molecular complexity index is 151. The minimum atomic E-state index is 0. The average molecular weight is 167 g/mol. The first-order valence-electron chi connectivity index (χ1n) is 1.47. The summed E-state index contributed by atoms with van der Waals surface area (Å²) in [7, 11) is 0. The summed E-state index contributed by atoms with van der Waals surface area (Å²) in [5.74, 6) is 0. The molecule has 0 atom stereocenters. The molecule has 0 aliphatic rings. The molecule has 7 heavy (non-hydrogen) atoms. The standard InChI is InChI=1S/C2H3N3S.Zn/c6-2-3-1-4-5-2;/h1H,(H2,3,4,5,6);/q;+2. The molecule has 0 saturated carbocycles. The third-order valence-corrected chi connectivity index (χ3v) is 0.633. The van der Waals surface area contributed by atoms with Crippen molar-refractivity contribution in [2.24, 2.45) is 0 Å². The predicted octanol–water partition coefficient (Wildman–Crippen LogP) is 0.465. The molecule has 2 N–H and O–H groups in total. The Morgan fingerprint density at radius 1 is 1.71 bits per heavy atom. The summed E-state index contributed by atoms with van der Waals surface area (Å²) >= 11 is 4.55.